The summed E-state index contributed by atoms with van der Waals surface area (Å²) in [6.45, 7) is 0. The Bertz CT molecular complexity index is 1020. The van der Waals surface area contributed by atoms with Gasteiger partial charge in [0.25, 0.3) is 0 Å². The highest BCUT2D eigenvalue weighted by atomic mass is 16.3. The average Bonchev–Trinajstić information content (AvgIpc) is 2.61. The number of phenols is 1. The minimum absolute atomic E-state index is 0.224. The smallest absolute Gasteiger partial charge is 0.115 e. The molecule has 0 atom stereocenters. The molecule has 1 N–H and O–H groups in total. The molecule has 0 heterocycles. The number of azo groups is 1. The Balaban J connectivity index is 1.74. The fourth-order valence-electron chi connectivity index (χ4n) is 2.70. The first-order valence-corrected chi connectivity index (χ1v) is 7.42. The quantitative estimate of drug-likeness (QED) is 0.352. The van der Waals surface area contributed by atoms with Crippen molar-refractivity contribution in [1.29, 1.82) is 0 Å². The maximum Gasteiger partial charge on any atom is 0.115 e. The molecule has 4 rings (SSSR count). The van der Waals surface area contributed by atoms with E-state index in [0.717, 1.165) is 11.1 Å². The van der Waals surface area contributed by atoms with Crippen molar-refractivity contribution in [2.75, 3.05) is 0 Å². The van der Waals surface area contributed by atoms with Crippen LogP contribution in [0.4, 0.5) is 11.4 Å². The van der Waals surface area contributed by atoms with Crippen molar-refractivity contribution >= 4 is 32.9 Å². The highest BCUT2D eigenvalue weighted by Gasteiger charge is 2.01. The molecule has 0 bridgehead atoms. The van der Waals surface area contributed by atoms with E-state index in [1.54, 1.807) is 24.3 Å². The minimum atomic E-state index is 0.224. The third-order valence-corrected chi connectivity index (χ3v) is 3.86. The molecule has 23 heavy (non-hydrogen) atoms. The van der Waals surface area contributed by atoms with Crippen molar-refractivity contribution in [3.8, 4) is 5.75 Å². The maximum absolute atomic E-state index is 9.27. The molecule has 0 aliphatic rings. The summed E-state index contributed by atoms with van der Waals surface area (Å²) in [5.74, 6) is 0.224. The second kappa shape index (κ2) is 5.54. The van der Waals surface area contributed by atoms with Gasteiger partial charge in [0.1, 0.15) is 5.75 Å². The number of nitrogens with zero attached hydrogens (tertiary/aromatic N) is 2. The van der Waals surface area contributed by atoms with Gasteiger partial charge in [0.15, 0.2) is 0 Å². The van der Waals surface area contributed by atoms with Crippen LogP contribution in [0.2, 0.25) is 0 Å². The second-order valence-electron chi connectivity index (χ2n) is 5.41. The maximum atomic E-state index is 9.27. The lowest BCUT2D eigenvalue weighted by molar-refractivity contribution is 0.475. The van der Waals surface area contributed by atoms with E-state index >= 15 is 0 Å². The molecule has 0 aliphatic heterocycles. The predicted molar refractivity (Wildman–Crippen MR) is 93.7 cm³/mol. The zero-order valence-electron chi connectivity index (χ0n) is 12.3. The summed E-state index contributed by atoms with van der Waals surface area (Å²) in [7, 11) is 0. The van der Waals surface area contributed by atoms with Crippen LogP contribution in [0.1, 0.15) is 0 Å². The summed E-state index contributed by atoms with van der Waals surface area (Å²) in [6, 6.07) is 25.3. The van der Waals surface area contributed by atoms with Crippen LogP contribution < -0.4 is 0 Å². The number of fused-ring (bicyclic) bond motifs is 3. The number of aromatic hydroxyl groups is 1. The van der Waals surface area contributed by atoms with Gasteiger partial charge in [-0.2, -0.15) is 10.2 Å². The molecule has 0 spiro atoms. The number of hydrogen-bond acceptors (Lipinski definition) is 3. The second-order valence-corrected chi connectivity index (χ2v) is 5.41. The Morgan fingerprint density at radius 3 is 2.09 bits per heavy atom. The fourth-order valence-corrected chi connectivity index (χ4v) is 2.70. The van der Waals surface area contributed by atoms with E-state index in [1.165, 1.54) is 16.2 Å². The third-order valence-electron chi connectivity index (χ3n) is 3.86. The summed E-state index contributed by atoms with van der Waals surface area (Å²) in [6.07, 6.45) is 0. The van der Waals surface area contributed by atoms with Crippen LogP contribution in [-0.4, -0.2) is 5.11 Å². The van der Waals surface area contributed by atoms with E-state index < -0.39 is 0 Å². The van der Waals surface area contributed by atoms with Gasteiger partial charge in [-0.3, -0.25) is 0 Å². The molecule has 3 nitrogen and oxygen atoms in total. The largest absolute Gasteiger partial charge is 0.508 e. The van der Waals surface area contributed by atoms with Gasteiger partial charge in [0.05, 0.1) is 11.4 Å². The number of rotatable bonds is 2. The van der Waals surface area contributed by atoms with E-state index in [0.29, 0.717) is 5.69 Å². The highest BCUT2D eigenvalue weighted by Crippen LogP contribution is 2.29. The van der Waals surface area contributed by atoms with Crippen molar-refractivity contribution in [2.24, 2.45) is 10.2 Å². The number of benzene rings is 4. The van der Waals surface area contributed by atoms with Crippen LogP contribution in [0.5, 0.6) is 5.75 Å². The third kappa shape index (κ3) is 2.64. The summed E-state index contributed by atoms with van der Waals surface area (Å²) < 4.78 is 0. The van der Waals surface area contributed by atoms with Crippen LogP contribution in [0.25, 0.3) is 21.5 Å². The van der Waals surface area contributed by atoms with E-state index in [-0.39, 0.29) is 5.75 Å². The molecule has 0 fully saturated rings. The van der Waals surface area contributed by atoms with Crippen molar-refractivity contribution in [1.82, 2.24) is 0 Å². The van der Waals surface area contributed by atoms with Crippen molar-refractivity contribution in [2.45, 2.75) is 0 Å². The monoisotopic (exact) mass is 298 g/mol. The lowest BCUT2D eigenvalue weighted by Crippen LogP contribution is -1.77. The highest BCUT2D eigenvalue weighted by molar-refractivity contribution is 6.08. The van der Waals surface area contributed by atoms with Crippen molar-refractivity contribution < 1.29 is 5.11 Å². The van der Waals surface area contributed by atoms with Crippen LogP contribution in [-0.2, 0) is 0 Å². The molecule has 4 aromatic rings. The molecule has 0 saturated heterocycles. The summed E-state index contributed by atoms with van der Waals surface area (Å²) >= 11 is 0. The van der Waals surface area contributed by atoms with Gasteiger partial charge in [-0.1, -0.05) is 42.5 Å². The molecular formula is C20H14N2O. The lowest BCUT2D eigenvalue weighted by atomic mass is 10.0. The zero-order chi connectivity index (χ0) is 15.6. The van der Waals surface area contributed by atoms with Crippen LogP contribution in [0.15, 0.2) is 89.1 Å². The van der Waals surface area contributed by atoms with Crippen molar-refractivity contribution in [3.63, 3.8) is 0 Å². The molecule has 0 radical (unpaired) electrons. The average molecular weight is 298 g/mol. The van der Waals surface area contributed by atoms with Gasteiger partial charge in [-0.15, -0.1) is 0 Å². The van der Waals surface area contributed by atoms with Crippen molar-refractivity contribution in [3.05, 3.63) is 78.9 Å². The number of phenolic OH excluding ortho intramolecular Hbond substituents is 1. The van der Waals surface area contributed by atoms with E-state index in [2.05, 4.69) is 52.7 Å². The predicted octanol–water partition coefficient (Wildman–Crippen LogP) is 6.11. The first-order chi connectivity index (χ1) is 11.3. The Hall–Kier alpha value is -3.20. The molecule has 3 heteroatoms. The molecule has 0 saturated carbocycles. The van der Waals surface area contributed by atoms with Gasteiger partial charge in [-0.05, 0) is 57.9 Å². The van der Waals surface area contributed by atoms with Gasteiger partial charge in [0.2, 0.25) is 0 Å². The summed E-state index contributed by atoms with van der Waals surface area (Å²) in [4.78, 5) is 0. The Morgan fingerprint density at radius 1 is 0.565 bits per heavy atom. The Kier molecular flexibility index (Phi) is 3.24. The van der Waals surface area contributed by atoms with Gasteiger partial charge in [-0.25, -0.2) is 0 Å². The molecule has 0 amide bonds. The molecule has 4 aromatic carbocycles. The first kappa shape index (κ1) is 13.5. The minimum Gasteiger partial charge on any atom is -0.508 e. The van der Waals surface area contributed by atoms with Gasteiger partial charge in [0, 0.05) is 0 Å². The Labute approximate surface area is 133 Å². The van der Waals surface area contributed by atoms with Gasteiger partial charge < -0.3 is 5.11 Å². The summed E-state index contributed by atoms with van der Waals surface area (Å²) in [5.41, 5.74) is 1.52. The molecule has 0 unspecified atom stereocenters. The molecular weight excluding hydrogens is 284 g/mol. The van der Waals surface area contributed by atoms with Gasteiger partial charge >= 0.3 is 0 Å². The van der Waals surface area contributed by atoms with E-state index in [1.807, 2.05) is 12.1 Å². The number of hydrogen-bond donors (Lipinski definition) is 1. The lowest BCUT2D eigenvalue weighted by Gasteiger charge is -2.04. The first-order valence-electron chi connectivity index (χ1n) is 7.42. The van der Waals surface area contributed by atoms with E-state index in [9.17, 15) is 5.11 Å². The van der Waals surface area contributed by atoms with Crippen LogP contribution >= 0.6 is 0 Å². The summed E-state index contributed by atoms with van der Waals surface area (Å²) in [5, 5.41) is 22.6. The van der Waals surface area contributed by atoms with Crippen LogP contribution in [0, 0.1) is 0 Å². The fraction of sp³-hybridized carbons (Fsp3) is 0. The standard InChI is InChI=1S/C20H14N2O/c23-18-10-7-16(8-11-18)21-22-17-9-12-20-15(13-17)6-5-14-3-1-2-4-19(14)20/h1-13,23H. The topological polar surface area (TPSA) is 45.0 Å². The normalized spacial score (nSPS) is 11.5. The Morgan fingerprint density at radius 2 is 1.22 bits per heavy atom. The molecule has 110 valence electrons. The zero-order valence-corrected chi connectivity index (χ0v) is 12.3. The van der Waals surface area contributed by atoms with E-state index in [4.69, 9.17) is 0 Å². The molecule has 0 aromatic heterocycles. The molecule has 0 aliphatic carbocycles. The SMILES string of the molecule is Oc1ccc(N=Nc2ccc3c(ccc4ccccc43)c2)cc1. The van der Waals surface area contributed by atoms with Crippen LogP contribution in [0.3, 0.4) is 0 Å².